The van der Waals surface area contributed by atoms with Crippen LogP contribution in [0, 0.1) is 5.41 Å². The summed E-state index contributed by atoms with van der Waals surface area (Å²) in [5, 5.41) is 6.39. The summed E-state index contributed by atoms with van der Waals surface area (Å²) in [5.74, 6) is 2.44. The van der Waals surface area contributed by atoms with Crippen LogP contribution in [0.1, 0.15) is 41.0 Å². The van der Waals surface area contributed by atoms with Crippen molar-refractivity contribution in [1.82, 2.24) is 10.6 Å². The maximum Gasteiger partial charge on any atom is 0.237 e. The van der Waals surface area contributed by atoms with Crippen LogP contribution in [-0.2, 0) is 4.79 Å². The Bertz CT molecular complexity index is 266. The zero-order valence-corrected chi connectivity index (χ0v) is 12.5. The van der Waals surface area contributed by atoms with Gasteiger partial charge in [0, 0.05) is 17.8 Å². The smallest absolute Gasteiger partial charge is 0.237 e. The van der Waals surface area contributed by atoms with Crippen molar-refractivity contribution in [3.05, 3.63) is 0 Å². The Hall–Kier alpha value is -0.220. The van der Waals surface area contributed by atoms with Crippen LogP contribution >= 0.6 is 11.8 Å². The average Bonchev–Trinajstić information content (AvgIpc) is 2.14. The lowest BCUT2D eigenvalue weighted by Crippen LogP contribution is -2.51. The summed E-state index contributed by atoms with van der Waals surface area (Å²) in [7, 11) is 0. The van der Waals surface area contributed by atoms with E-state index in [1.165, 1.54) is 5.75 Å². The molecule has 100 valence electrons. The first-order valence-corrected chi connectivity index (χ1v) is 7.60. The van der Waals surface area contributed by atoms with Crippen LogP contribution in [0.2, 0.25) is 0 Å². The van der Waals surface area contributed by atoms with Gasteiger partial charge in [-0.25, -0.2) is 0 Å². The van der Waals surface area contributed by atoms with Crippen LogP contribution in [-0.4, -0.2) is 35.5 Å². The van der Waals surface area contributed by atoms with Gasteiger partial charge in [0.1, 0.15) is 0 Å². The summed E-state index contributed by atoms with van der Waals surface area (Å²) >= 11 is 1.98. The number of hydrogen-bond acceptors (Lipinski definition) is 3. The quantitative estimate of drug-likeness (QED) is 0.810. The van der Waals surface area contributed by atoms with Crippen LogP contribution in [0.25, 0.3) is 0 Å². The highest BCUT2D eigenvalue weighted by Gasteiger charge is 2.30. The maximum absolute atomic E-state index is 11.8. The van der Waals surface area contributed by atoms with Gasteiger partial charge in [-0.15, -0.1) is 0 Å². The summed E-state index contributed by atoms with van der Waals surface area (Å²) in [5.41, 5.74) is 0.384. The zero-order chi connectivity index (χ0) is 13.1. The third-order valence-electron chi connectivity index (χ3n) is 2.92. The molecule has 1 amide bonds. The molecule has 1 heterocycles. The summed E-state index contributed by atoms with van der Waals surface area (Å²) in [6, 6.07) is 0.567. The second-order valence-electron chi connectivity index (χ2n) is 6.13. The third kappa shape index (κ3) is 5.30. The van der Waals surface area contributed by atoms with E-state index in [2.05, 4.69) is 24.5 Å². The Kier molecular flexibility index (Phi) is 5.32. The topological polar surface area (TPSA) is 41.1 Å². The largest absolute Gasteiger partial charge is 0.353 e. The predicted octanol–water partition coefficient (Wildman–Crippen LogP) is 2.02. The Balaban J connectivity index is 2.40. The van der Waals surface area contributed by atoms with E-state index in [4.69, 9.17) is 0 Å². The Morgan fingerprint density at radius 1 is 1.35 bits per heavy atom. The summed E-state index contributed by atoms with van der Waals surface area (Å²) < 4.78 is 0. The van der Waals surface area contributed by atoms with Crippen LogP contribution in [0.3, 0.4) is 0 Å². The van der Waals surface area contributed by atoms with Gasteiger partial charge in [-0.2, -0.15) is 11.8 Å². The van der Waals surface area contributed by atoms with Crippen LogP contribution in [0.5, 0.6) is 0 Å². The van der Waals surface area contributed by atoms with Crippen molar-refractivity contribution in [1.29, 1.82) is 0 Å². The molecule has 0 aromatic carbocycles. The van der Waals surface area contributed by atoms with Gasteiger partial charge in [-0.05, 0) is 38.4 Å². The van der Waals surface area contributed by atoms with E-state index in [0.717, 1.165) is 12.2 Å². The van der Waals surface area contributed by atoms with Gasteiger partial charge in [0.05, 0.1) is 6.04 Å². The Morgan fingerprint density at radius 3 is 2.53 bits per heavy atom. The predicted molar refractivity (Wildman–Crippen MR) is 75.4 cm³/mol. The van der Waals surface area contributed by atoms with Gasteiger partial charge in [-0.1, -0.05) is 13.8 Å². The molecule has 2 atom stereocenters. The van der Waals surface area contributed by atoms with Crippen LogP contribution in [0.4, 0.5) is 0 Å². The molecule has 0 bridgehead atoms. The van der Waals surface area contributed by atoms with E-state index in [1.54, 1.807) is 0 Å². The second-order valence-corrected chi connectivity index (χ2v) is 7.16. The molecule has 1 saturated heterocycles. The van der Waals surface area contributed by atoms with Gasteiger partial charge >= 0.3 is 0 Å². The number of rotatable bonds is 4. The molecule has 2 unspecified atom stereocenters. The SMILES string of the molecule is CC(C)NC(=O)C(C)NC1CSCC(C)(C)C1. The molecule has 17 heavy (non-hydrogen) atoms. The van der Waals surface area contributed by atoms with Crippen molar-refractivity contribution in [2.45, 2.75) is 59.2 Å². The minimum absolute atomic E-state index is 0.100. The van der Waals surface area contributed by atoms with Crippen LogP contribution < -0.4 is 10.6 Å². The molecule has 1 fully saturated rings. The number of amides is 1. The van der Waals surface area contributed by atoms with Crippen molar-refractivity contribution in [3.63, 3.8) is 0 Å². The fraction of sp³-hybridized carbons (Fsp3) is 0.923. The van der Waals surface area contributed by atoms with E-state index in [0.29, 0.717) is 11.5 Å². The second kappa shape index (κ2) is 6.10. The van der Waals surface area contributed by atoms with E-state index in [-0.39, 0.29) is 18.0 Å². The zero-order valence-electron chi connectivity index (χ0n) is 11.7. The summed E-state index contributed by atoms with van der Waals surface area (Å²) in [6.45, 7) is 10.5. The molecule has 0 aliphatic carbocycles. The van der Waals surface area contributed by atoms with Crippen molar-refractivity contribution >= 4 is 17.7 Å². The number of thioether (sulfide) groups is 1. The Morgan fingerprint density at radius 2 is 2.00 bits per heavy atom. The minimum Gasteiger partial charge on any atom is -0.353 e. The maximum atomic E-state index is 11.8. The summed E-state index contributed by atoms with van der Waals surface area (Å²) in [6.07, 6.45) is 1.15. The molecule has 3 nitrogen and oxygen atoms in total. The normalized spacial score (nSPS) is 25.6. The molecular formula is C13H26N2OS. The Labute approximate surface area is 109 Å². The highest BCUT2D eigenvalue weighted by molar-refractivity contribution is 7.99. The molecule has 1 aliphatic heterocycles. The molecular weight excluding hydrogens is 232 g/mol. The standard InChI is InChI=1S/C13H26N2OS/c1-9(2)14-12(16)10(3)15-11-6-13(4,5)8-17-7-11/h9-11,15H,6-8H2,1-5H3,(H,14,16). The molecule has 0 radical (unpaired) electrons. The molecule has 0 aromatic rings. The van der Waals surface area contributed by atoms with E-state index < -0.39 is 0 Å². The molecule has 0 saturated carbocycles. The van der Waals surface area contributed by atoms with E-state index in [1.807, 2.05) is 32.5 Å². The number of carbonyl (C=O) groups is 1. The van der Waals surface area contributed by atoms with E-state index in [9.17, 15) is 4.79 Å². The monoisotopic (exact) mass is 258 g/mol. The van der Waals surface area contributed by atoms with Crippen molar-refractivity contribution in [3.8, 4) is 0 Å². The molecule has 4 heteroatoms. The first-order valence-electron chi connectivity index (χ1n) is 6.44. The first-order chi connectivity index (χ1) is 7.80. The van der Waals surface area contributed by atoms with Gasteiger partial charge in [0.2, 0.25) is 5.91 Å². The molecule has 1 rings (SSSR count). The number of carbonyl (C=O) groups excluding carboxylic acids is 1. The third-order valence-corrected chi connectivity index (χ3v) is 4.54. The highest BCUT2D eigenvalue weighted by atomic mass is 32.2. The minimum atomic E-state index is -0.100. The van der Waals surface area contributed by atoms with Crippen LogP contribution in [0.15, 0.2) is 0 Å². The van der Waals surface area contributed by atoms with Crippen molar-refractivity contribution < 1.29 is 4.79 Å². The average molecular weight is 258 g/mol. The van der Waals surface area contributed by atoms with Gasteiger partial charge < -0.3 is 10.6 Å². The number of hydrogen-bond donors (Lipinski definition) is 2. The fourth-order valence-electron chi connectivity index (χ4n) is 2.21. The van der Waals surface area contributed by atoms with Gasteiger partial charge in [0.15, 0.2) is 0 Å². The lowest BCUT2D eigenvalue weighted by atomic mass is 9.87. The molecule has 2 N–H and O–H groups in total. The lowest BCUT2D eigenvalue weighted by Gasteiger charge is -2.36. The van der Waals surface area contributed by atoms with Crippen molar-refractivity contribution in [2.75, 3.05) is 11.5 Å². The van der Waals surface area contributed by atoms with Gasteiger partial charge in [-0.3, -0.25) is 4.79 Å². The molecule has 0 aromatic heterocycles. The van der Waals surface area contributed by atoms with E-state index >= 15 is 0 Å². The fourth-order valence-corrected chi connectivity index (χ4v) is 3.50. The summed E-state index contributed by atoms with van der Waals surface area (Å²) in [4.78, 5) is 11.8. The molecule has 0 spiro atoms. The number of nitrogens with one attached hydrogen (secondary N) is 2. The van der Waals surface area contributed by atoms with Gasteiger partial charge in [0.25, 0.3) is 0 Å². The van der Waals surface area contributed by atoms with Crippen molar-refractivity contribution in [2.24, 2.45) is 5.41 Å². The highest BCUT2D eigenvalue weighted by Crippen LogP contribution is 2.33. The lowest BCUT2D eigenvalue weighted by molar-refractivity contribution is -0.123. The first kappa shape index (κ1) is 14.8. The molecule has 1 aliphatic rings.